The Morgan fingerprint density at radius 2 is 1.92 bits per heavy atom. The van der Waals surface area contributed by atoms with Gasteiger partial charge in [0.2, 0.25) is 5.43 Å². The SMILES string of the molecule is Cc1ccc2[nH]cc(C(=O)N(Cc3ccccc3Cl)C(C)C)c(=O)c2c1. The van der Waals surface area contributed by atoms with Crippen LogP contribution in [0.3, 0.4) is 0 Å². The van der Waals surface area contributed by atoms with Gasteiger partial charge in [0.05, 0.1) is 0 Å². The molecule has 0 aliphatic heterocycles. The van der Waals surface area contributed by atoms with Gasteiger partial charge >= 0.3 is 0 Å². The standard InChI is InChI=1S/C21H21ClN2O2/c1-13(2)24(12-15-6-4-5-7-18(15)22)21(26)17-11-23-19-9-8-14(3)10-16(19)20(17)25/h4-11,13H,12H2,1-3H3,(H,23,25). The summed E-state index contributed by atoms with van der Waals surface area (Å²) in [7, 11) is 0. The van der Waals surface area contributed by atoms with Crippen LogP contribution in [0.25, 0.3) is 10.9 Å². The molecule has 0 saturated carbocycles. The van der Waals surface area contributed by atoms with E-state index in [4.69, 9.17) is 11.6 Å². The van der Waals surface area contributed by atoms with E-state index in [9.17, 15) is 9.59 Å². The van der Waals surface area contributed by atoms with Gasteiger partial charge in [-0.3, -0.25) is 9.59 Å². The van der Waals surface area contributed by atoms with Crippen molar-refractivity contribution in [1.82, 2.24) is 9.88 Å². The number of pyridine rings is 1. The van der Waals surface area contributed by atoms with E-state index >= 15 is 0 Å². The Kier molecular flexibility index (Phi) is 5.14. The van der Waals surface area contributed by atoms with Crippen LogP contribution in [0.5, 0.6) is 0 Å². The summed E-state index contributed by atoms with van der Waals surface area (Å²) in [5.41, 5.74) is 2.44. The molecule has 5 heteroatoms. The minimum atomic E-state index is -0.301. The molecule has 0 fully saturated rings. The van der Waals surface area contributed by atoms with Crippen molar-refractivity contribution in [3.8, 4) is 0 Å². The van der Waals surface area contributed by atoms with Crippen LogP contribution < -0.4 is 5.43 Å². The second kappa shape index (κ2) is 7.34. The predicted molar refractivity (Wildman–Crippen MR) is 106 cm³/mol. The number of nitrogens with zero attached hydrogens (tertiary/aromatic N) is 1. The quantitative estimate of drug-likeness (QED) is 0.735. The molecule has 134 valence electrons. The predicted octanol–water partition coefficient (Wildman–Crippen LogP) is 4.54. The summed E-state index contributed by atoms with van der Waals surface area (Å²) in [5, 5.41) is 1.13. The van der Waals surface area contributed by atoms with Crippen molar-refractivity contribution in [2.75, 3.05) is 0 Å². The third-order valence-corrected chi connectivity index (χ3v) is 4.82. The van der Waals surface area contributed by atoms with E-state index in [1.54, 1.807) is 17.0 Å². The molecule has 2 aromatic carbocycles. The molecule has 0 atom stereocenters. The van der Waals surface area contributed by atoms with E-state index in [1.807, 2.05) is 51.1 Å². The van der Waals surface area contributed by atoms with Crippen LogP contribution >= 0.6 is 11.6 Å². The normalized spacial score (nSPS) is 11.1. The van der Waals surface area contributed by atoms with Crippen LogP contribution in [0.4, 0.5) is 0 Å². The number of rotatable bonds is 4. The lowest BCUT2D eigenvalue weighted by molar-refractivity contribution is 0.0689. The van der Waals surface area contributed by atoms with E-state index < -0.39 is 0 Å². The Morgan fingerprint density at radius 1 is 1.19 bits per heavy atom. The first-order valence-corrected chi connectivity index (χ1v) is 8.92. The van der Waals surface area contributed by atoms with Gasteiger partial charge < -0.3 is 9.88 Å². The molecular formula is C21H21ClN2O2. The van der Waals surface area contributed by atoms with E-state index in [0.717, 1.165) is 16.6 Å². The Hall–Kier alpha value is -2.59. The average Bonchev–Trinajstić information content (AvgIpc) is 2.61. The number of carbonyl (C=O) groups excluding carboxylic acids is 1. The fraction of sp³-hybridized carbons (Fsp3) is 0.238. The van der Waals surface area contributed by atoms with Crippen molar-refractivity contribution >= 4 is 28.4 Å². The van der Waals surface area contributed by atoms with Crippen LogP contribution in [0.15, 0.2) is 53.5 Å². The summed E-state index contributed by atoms with van der Waals surface area (Å²) in [6, 6.07) is 12.9. The zero-order valence-corrected chi connectivity index (χ0v) is 15.8. The number of H-pyrrole nitrogens is 1. The monoisotopic (exact) mass is 368 g/mol. The Bertz CT molecular complexity index is 1020. The van der Waals surface area contributed by atoms with E-state index in [1.165, 1.54) is 6.20 Å². The second-order valence-corrected chi connectivity index (χ2v) is 7.11. The molecule has 0 radical (unpaired) electrons. The number of aromatic amines is 1. The average molecular weight is 369 g/mol. The summed E-state index contributed by atoms with van der Waals surface area (Å²) in [6.07, 6.45) is 1.50. The summed E-state index contributed by atoms with van der Waals surface area (Å²) < 4.78 is 0. The van der Waals surface area contributed by atoms with Gasteiger partial charge in [-0.25, -0.2) is 0 Å². The van der Waals surface area contributed by atoms with Crippen molar-refractivity contribution in [3.63, 3.8) is 0 Å². The zero-order valence-electron chi connectivity index (χ0n) is 15.0. The fourth-order valence-electron chi connectivity index (χ4n) is 2.94. The summed E-state index contributed by atoms with van der Waals surface area (Å²) >= 11 is 6.24. The number of fused-ring (bicyclic) bond motifs is 1. The molecule has 1 N–H and O–H groups in total. The van der Waals surface area contributed by atoms with Gasteiger partial charge in [0.25, 0.3) is 5.91 Å². The lowest BCUT2D eigenvalue weighted by Gasteiger charge is -2.27. The number of amides is 1. The smallest absolute Gasteiger partial charge is 0.259 e. The first-order valence-electron chi connectivity index (χ1n) is 8.55. The van der Waals surface area contributed by atoms with E-state index in [-0.39, 0.29) is 22.9 Å². The molecule has 1 amide bonds. The number of carbonyl (C=O) groups is 1. The molecule has 0 spiro atoms. The number of nitrogens with one attached hydrogen (secondary N) is 1. The third kappa shape index (κ3) is 3.51. The lowest BCUT2D eigenvalue weighted by atomic mass is 10.1. The van der Waals surface area contributed by atoms with Crippen LogP contribution in [0.2, 0.25) is 5.02 Å². The molecule has 4 nitrogen and oxygen atoms in total. The summed E-state index contributed by atoms with van der Waals surface area (Å²) in [4.78, 5) is 30.7. The Morgan fingerprint density at radius 3 is 2.62 bits per heavy atom. The number of hydrogen-bond acceptors (Lipinski definition) is 2. The molecular weight excluding hydrogens is 348 g/mol. The first-order chi connectivity index (χ1) is 12.4. The lowest BCUT2D eigenvalue weighted by Crippen LogP contribution is -2.38. The maximum Gasteiger partial charge on any atom is 0.259 e. The molecule has 0 saturated heterocycles. The number of aromatic nitrogens is 1. The third-order valence-electron chi connectivity index (χ3n) is 4.45. The second-order valence-electron chi connectivity index (χ2n) is 6.70. The van der Waals surface area contributed by atoms with Crippen molar-refractivity contribution in [2.24, 2.45) is 0 Å². The molecule has 1 heterocycles. The molecule has 0 aliphatic carbocycles. The Labute approximate surface area is 157 Å². The van der Waals surface area contributed by atoms with Gasteiger partial charge in [0.15, 0.2) is 0 Å². The van der Waals surface area contributed by atoms with Gasteiger partial charge in [-0.15, -0.1) is 0 Å². The molecule has 0 bridgehead atoms. The maximum absolute atomic E-state index is 13.1. The van der Waals surface area contributed by atoms with E-state index in [2.05, 4.69) is 4.98 Å². The molecule has 3 aromatic rings. The van der Waals surface area contributed by atoms with Crippen LogP contribution in [-0.4, -0.2) is 21.8 Å². The van der Waals surface area contributed by atoms with Gasteiger partial charge in [0.1, 0.15) is 5.56 Å². The molecule has 26 heavy (non-hydrogen) atoms. The topological polar surface area (TPSA) is 53.2 Å². The van der Waals surface area contributed by atoms with Crippen LogP contribution in [-0.2, 0) is 6.54 Å². The maximum atomic E-state index is 13.1. The minimum absolute atomic E-state index is 0.0774. The van der Waals surface area contributed by atoms with Crippen molar-refractivity contribution < 1.29 is 4.79 Å². The van der Waals surface area contributed by atoms with Crippen LogP contribution in [0, 0.1) is 6.92 Å². The molecule has 0 aliphatic rings. The molecule has 0 unspecified atom stereocenters. The van der Waals surface area contributed by atoms with Crippen LogP contribution in [0.1, 0.15) is 35.3 Å². The summed E-state index contributed by atoms with van der Waals surface area (Å²) in [6.45, 7) is 6.12. The highest BCUT2D eigenvalue weighted by molar-refractivity contribution is 6.31. The van der Waals surface area contributed by atoms with Crippen molar-refractivity contribution in [2.45, 2.75) is 33.4 Å². The molecule has 1 aromatic heterocycles. The highest BCUT2D eigenvalue weighted by Crippen LogP contribution is 2.20. The molecule has 3 rings (SSSR count). The van der Waals surface area contributed by atoms with Gasteiger partial charge in [0, 0.05) is 34.7 Å². The number of hydrogen-bond donors (Lipinski definition) is 1. The largest absolute Gasteiger partial charge is 0.360 e. The number of benzene rings is 2. The Balaban J connectivity index is 2.02. The summed E-state index contributed by atoms with van der Waals surface area (Å²) in [5.74, 6) is -0.301. The zero-order chi connectivity index (χ0) is 18.8. The van der Waals surface area contributed by atoms with Crippen molar-refractivity contribution in [1.29, 1.82) is 0 Å². The van der Waals surface area contributed by atoms with Gasteiger partial charge in [-0.1, -0.05) is 41.4 Å². The number of halogens is 1. The minimum Gasteiger partial charge on any atom is -0.360 e. The fourth-order valence-corrected chi connectivity index (χ4v) is 3.14. The van der Waals surface area contributed by atoms with Gasteiger partial charge in [-0.05, 0) is 44.5 Å². The highest BCUT2D eigenvalue weighted by atomic mass is 35.5. The van der Waals surface area contributed by atoms with E-state index in [0.29, 0.717) is 17.0 Å². The highest BCUT2D eigenvalue weighted by Gasteiger charge is 2.23. The number of aryl methyl sites for hydroxylation is 1. The van der Waals surface area contributed by atoms with Crippen molar-refractivity contribution in [3.05, 3.63) is 80.6 Å². The van der Waals surface area contributed by atoms with Gasteiger partial charge in [-0.2, -0.15) is 0 Å². The first kappa shape index (κ1) is 18.2.